The number of likely N-dealkylation sites (N-methyl/N-ethyl adjacent to an activating group) is 1. The number of carbonyl (C=O) groups is 1. The van der Waals surface area contributed by atoms with Gasteiger partial charge in [0.05, 0.1) is 12.1 Å². The monoisotopic (exact) mass is 459 g/mol. The smallest absolute Gasteiger partial charge is 0.254 e. The van der Waals surface area contributed by atoms with Crippen LogP contribution in [0.5, 0.6) is 5.75 Å². The first kappa shape index (κ1) is 16.3. The molecule has 0 fully saturated rings. The Kier molecular flexibility index (Phi) is 6.05. The van der Waals surface area contributed by atoms with Gasteiger partial charge in [-0.3, -0.25) is 4.79 Å². The Bertz CT molecular complexity index is 619. The fourth-order valence-electron chi connectivity index (χ4n) is 1.79. The number of hydrogen-bond donors (Lipinski definition) is 0. The molecule has 0 saturated heterocycles. The summed E-state index contributed by atoms with van der Waals surface area (Å²) >= 11 is 5.57. The molecule has 2 aromatic rings. The highest BCUT2D eigenvalue weighted by Crippen LogP contribution is 2.19. The lowest BCUT2D eigenvalue weighted by Gasteiger charge is -2.18. The van der Waals surface area contributed by atoms with Crippen molar-refractivity contribution >= 4 is 44.4 Å². The highest BCUT2D eigenvalue weighted by Gasteiger charge is 2.15. The molecular weight excluding hydrogens is 445 g/mol. The number of rotatable bonds is 5. The molecule has 0 unspecified atom stereocenters. The number of amides is 1. The molecule has 1 amide bonds. The van der Waals surface area contributed by atoms with Crippen molar-refractivity contribution in [2.75, 3.05) is 20.2 Å². The van der Waals surface area contributed by atoms with Crippen molar-refractivity contribution in [1.29, 1.82) is 0 Å². The maximum absolute atomic E-state index is 12.4. The Morgan fingerprint density at radius 2 is 1.95 bits per heavy atom. The van der Waals surface area contributed by atoms with E-state index in [0.29, 0.717) is 18.7 Å². The molecule has 0 aromatic heterocycles. The van der Waals surface area contributed by atoms with Crippen molar-refractivity contribution in [1.82, 2.24) is 4.90 Å². The van der Waals surface area contributed by atoms with E-state index in [1.165, 1.54) is 0 Å². The van der Waals surface area contributed by atoms with Crippen molar-refractivity contribution in [3.8, 4) is 5.75 Å². The zero-order valence-electron chi connectivity index (χ0n) is 11.6. The molecule has 0 N–H and O–H groups in total. The summed E-state index contributed by atoms with van der Waals surface area (Å²) in [5, 5.41) is 0. The topological polar surface area (TPSA) is 29.5 Å². The third-order valence-corrected chi connectivity index (χ3v) is 4.38. The van der Waals surface area contributed by atoms with Gasteiger partial charge in [0.1, 0.15) is 12.4 Å². The first-order chi connectivity index (χ1) is 10.1. The van der Waals surface area contributed by atoms with E-state index in [1.54, 1.807) is 11.9 Å². The third-order valence-electron chi connectivity index (χ3n) is 2.94. The normalized spacial score (nSPS) is 10.2. The molecule has 3 nitrogen and oxygen atoms in total. The van der Waals surface area contributed by atoms with Crippen LogP contribution in [0, 0.1) is 3.57 Å². The SMILES string of the molecule is CN(CCOc1ccccc1)C(=O)c1cc(Br)ccc1I. The zero-order valence-corrected chi connectivity index (χ0v) is 15.3. The minimum absolute atomic E-state index is 0.00244. The van der Waals surface area contributed by atoms with Gasteiger partial charge in [-0.05, 0) is 52.9 Å². The number of halogens is 2. The Morgan fingerprint density at radius 1 is 1.24 bits per heavy atom. The molecule has 0 radical (unpaired) electrons. The van der Waals surface area contributed by atoms with Gasteiger partial charge >= 0.3 is 0 Å². The van der Waals surface area contributed by atoms with E-state index >= 15 is 0 Å². The van der Waals surface area contributed by atoms with Crippen LogP contribution in [0.4, 0.5) is 0 Å². The Morgan fingerprint density at radius 3 is 2.67 bits per heavy atom. The second-order valence-corrected chi connectivity index (χ2v) is 6.59. The number of nitrogens with zero attached hydrogens (tertiary/aromatic N) is 1. The van der Waals surface area contributed by atoms with Crippen LogP contribution in [-0.4, -0.2) is 31.0 Å². The van der Waals surface area contributed by atoms with Crippen molar-refractivity contribution in [3.63, 3.8) is 0 Å². The average Bonchev–Trinajstić information content (AvgIpc) is 2.50. The lowest BCUT2D eigenvalue weighted by Crippen LogP contribution is -2.31. The second-order valence-electron chi connectivity index (χ2n) is 4.51. The van der Waals surface area contributed by atoms with Crippen LogP contribution in [0.3, 0.4) is 0 Å². The molecule has 21 heavy (non-hydrogen) atoms. The maximum Gasteiger partial charge on any atom is 0.254 e. The van der Waals surface area contributed by atoms with E-state index in [4.69, 9.17) is 4.74 Å². The minimum atomic E-state index is -0.00244. The highest BCUT2D eigenvalue weighted by atomic mass is 127. The highest BCUT2D eigenvalue weighted by molar-refractivity contribution is 14.1. The lowest BCUT2D eigenvalue weighted by atomic mass is 10.2. The van der Waals surface area contributed by atoms with Crippen molar-refractivity contribution in [2.45, 2.75) is 0 Å². The molecule has 0 aliphatic carbocycles. The quantitative estimate of drug-likeness (QED) is 0.627. The first-order valence-corrected chi connectivity index (χ1v) is 8.33. The summed E-state index contributed by atoms with van der Waals surface area (Å²) in [6.07, 6.45) is 0. The van der Waals surface area contributed by atoms with E-state index < -0.39 is 0 Å². The zero-order chi connectivity index (χ0) is 15.2. The van der Waals surface area contributed by atoms with Crippen LogP contribution < -0.4 is 4.74 Å². The van der Waals surface area contributed by atoms with Crippen LogP contribution in [-0.2, 0) is 0 Å². The van der Waals surface area contributed by atoms with Gasteiger partial charge < -0.3 is 9.64 Å². The van der Waals surface area contributed by atoms with Gasteiger partial charge in [-0.15, -0.1) is 0 Å². The number of benzene rings is 2. The largest absolute Gasteiger partial charge is 0.492 e. The minimum Gasteiger partial charge on any atom is -0.492 e. The van der Waals surface area contributed by atoms with Crippen LogP contribution in [0.2, 0.25) is 0 Å². The number of para-hydroxylation sites is 1. The van der Waals surface area contributed by atoms with Crippen molar-refractivity contribution in [2.24, 2.45) is 0 Å². The molecule has 0 heterocycles. The second kappa shape index (κ2) is 7.79. The summed E-state index contributed by atoms with van der Waals surface area (Å²) in [5.74, 6) is 0.813. The van der Waals surface area contributed by atoms with E-state index in [0.717, 1.165) is 13.8 Å². The summed E-state index contributed by atoms with van der Waals surface area (Å²) in [6.45, 7) is 1.01. The Balaban J connectivity index is 1.92. The van der Waals surface area contributed by atoms with E-state index in [1.807, 2.05) is 48.5 Å². The summed E-state index contributed by atoms with van der Waals surface area (Å²) in [4.78, 5) is 14.1. The Labute approximate surface area is 146 Å². The Hall–Kier alpha value is -1.08. The van der Waals surface area contributed by atoms with Gasteiger partial charge in [-0.2, -0.15) is 0 Å². The van der Waals surface area contributed by atoms with Crippen molar-refractivity contribution < 1.29 is 9.53 Å². The summed E-state index contributed by atoms with van der Waals surface area (Å²) in [7, 11) is 1.79. The van der Waals surface area contributed by atoms with Gasteiger partial charge in [0.25, 0.3) is 5.91 Å². The molecule has 0 aliphatic heterocycles. The lowest BCUT2D eigenvalue weighted by molar-refractivity contribution is 0.0772. The molecular formula is C16H15BrINO2. The molecule has 0 spiro atoms. The summed E-state index contributed by atoms with van der Waals surface area (Å²) in [5.41, 5.74) is 0.701. The maximum atomic E-state index is 12.4. The molecule has 2 aromatic carbocycles. The van der Waals surface area contributed by atoms with Crippen molar-refractivity contribution in [3.05, 3.63) is 62.1 Å². The van der Waals surface area contributed by atoms with Gasteiger partial charge in [-0.25, -0.2) is 0 Å². The third kappa shape index (κ3) is 4.71. The predicted octanol–water partition coefficient (Wildman–Crippen LogP) is 4.20. The van der Waals surface area contributed by atoms with Gasteiger partial charge in [0.15, 0.2) is 0 Å². The number of hydrogen-bond acceptors (Lipinski definition) is 2. The molecule has 110 valence electrons. The van der Waals surface area contributed by atoms with E-state index in [2.05, 4.69) is 38.5 Å². The van der Waals surface area contributed by atoms with Crippen LogP contribution >= 0.6 is 38.5 Å². The molecule has 0 bridgehead atoms. The molecule has 2 rings (SSSR count). The molecule has 0 atom stereocenters. The molecule has 5 heteroatoms. The van der Waals surface area contributed by atoms with Gasteiger partial charge in [0.2, 0.25) is 0 Å². The number of carbonyl (C=O) groups excluding carboxylic acids is 1. The summed E-state index contributed by atoms with van der Waals surface area (Å²) < 4.78 is 7.46. The van der Waals surface area contributed by atoms with Gasteiger partial charge in [-0.1, -0.05) is 34.1 Å². The fraction of sp³-hybridized carbons (Fsp3) is 0.188. The summed E-state index contributed by atoms with van der Waals surface area (Å²) in [6, 6.07) is 15.3. The average molecular weight is 460 g/mol. The van der Waals surface area contributed by atoms with Crippen LogP contribution in [0.15, 0.2) is 53.0 Å². The van der Waals surface area contributed by atoms with E-state index in [-0.39, 0.29) is 5.91 Å². The standard InChI is InChI=1S/C16H15BrINO2/c1-19(9-10-21-13-5-3-2-4-6-13)16(20)14-11-12(17)7-8-15(14)18/h2-8,11H,9-10H2,1H3. The van der Waals surface area contributed by atoms with Gasteiger partial charge in [0, 0.05) is 15.1 Å². The van der Waals surface area contributed by atoms with Crippen LogP contribution in [0.1, 0.15) is 10.4 Å². The molecule has 0 aliphatic rings. The molecule has 0 saturated carbocycles. The first-order valence-electron chi connectivity index (χ1n) is 6.46. The van der Waals surface area contributed by atoms with E-state index in [9.17, 15) is 4.79 Å². The van der Waals surface area contributed by atoms with Crippen LogP contribution in [0.25, 0.3) is 0 Å². The number of ether oxygens (including phenoxy) is 1. The fourth-order valence-corrected chi connectivity index (χ4v) is 2.71. The predicted molar refractivity (Wildman–Crippen MR) is 95.8 cm³/mol.